The van der Waals surface area contributed by atoms with Gasteiger partial charge in [0.05, 0.1) is 5.69 Å². The number of carbonyl (C=O) groups is 3. The first kappa shape index (κ1) is 21.2. The molecule has 0 atom stereocenters. The van der Waals surface area contributed by atoms with Gasteiger partial charge < -0.3 is 4.90 Å². The largest absolute Gasteiger partial charge is 0.327 e. The average molecular weight is 439 g/mol. The Bertz CT molecular complexity index is 997. The van der Waals surface area contributed by atoms with Crippen LogP contribution in [0.3, 0.4) is 0 Å². The number of thiazole rings is 1. The summed E-state index contributed by atoms with van der Waals surface area (Å²) in [6.07, 6.45) is 5.81. The topological polar surface area (TPSA) is 73.8 Å². The third-order valence-electron chi connectivity index (χ3n) is 6.18. The Labute approximate surface area is 186 Å². The highest BCUT2D eigenvalue weighted by Crippen LogP contribution is 2.39. The SMILES string of the molecule is C=CCN(C(=O)CN1C(=O)N(C)C2(CCCCC2)C1=O)c1nc(-c2ccccc2)cs1. The van der Waals surface area contributed by atoms with Crippen LogP contribution in [-0.4, -0.2) is 58.3 Å². The molecule has 2 aromatic rings. The first-order chi connectivity index (χ1) is 15.0. The summed E-state index contributed by atoms with van der Waals surface area (Å²) < 4.78 is 0. The van der Waals surface area contributed by atoms with E-state index in [0.717, 1.165) is 35.4 Å². The van der Waals surface area contributed by atoms with Crippen LogP contribution in [0, 0.1) is 0 Å². The van der Waals surface area contributed by atoms with Crippen molar-refractivity contribution in [1.29, 1.82) is 0 Å². The Hall–Kier alpha value is -3.00. The normalized spacial score (nSPS) is 18.0. The van der Waals surface area contributed by atoms with Gasteiger partial charge in [0.25, 0.3) is 5.91 Å². The predicted molar refractivity (Wildman–Crippen MR) is 121 cm³/mol. The summed E-state index contributed by atoms with van der Waals surface area (Å²) in [5, 5.41) is 2.41. The van der Waals surface area contributed by atoms with Gasteiger partial charge in [-0.2, -0.15) is 0 Å². The smallest absolute Gasteiger partial charge is 0.313 e. The summed E-state index contributed by atoms with van der Waals surface area (Å²) in [6.45, 7) is 3.70. The Kier molecular flexibility index (Phi) is 5.91. The van der Waals surface area contributed by atoms with E-state index in [0.29, 0.717) is 18.0 Å². The Morgan fingerprint density at radius 3 is 2.61 bits per heavy atom. The molecule has 0 radical (unpaired) electrons. The minimum absolute atomic E-state index is 0.248. The van der Waals surface area contributed by atoms with Crippen molar-refractivity contribution in [1.82, 2.24) is 14.8 Å². The maximum absolute atomic E-state index is 13.2. The van der Waals surface area contributed by atoms with Gasteiger partial charge in [-0.3, -0.25) is 19.4 Å². The van der Waals surface area contributed by atoms with Gasteiger partial charge in [-0.15, -0.1) is 17.9 Å². The highest BCUT2D eigenvalue weighted by atomic mass is 32.1. The molecule has 4 amide bonds. The molecule has 1 saturated heterocycles. The maximum atomic E-state index is 13.2. The molecule has 0 bridgehead atoms. The van der Waals surface area contributed by atoms with E-state index in [1.807, 2.05) is 35.7 Å². The number of benzene rings is 1. The third-order valence-corrected chi connectivity index (χ3v) is 7.05. The second kappa shape index (κ2) is 8.63. The fourth-order valence-electron chi connectivity index (χ4n) is 4.44. The number of hydrogen-bond donors (Lipinski definition) is 0. The maximum Gasteiger partial charge on any atom is 0.327 e. The number of aromatic nitrogens is 1. The van der Waals surface area contributed by atoms with Crippen molar-refractivity contribution in [2.45, 2.75) is 37.6 Å². The van der Waals surface area contributed by atoms with Crippen LogP contribution < -0.4 is 4.90 Å². The van der Waals surface area contributed by atoms with E-state index in [9.17, 15) is 14.4 Å². The van der Waals surface area contributed by atoms with E-state index >= 15 is 0 Å². The summed E-state index contributed by atoms with van der Waals surface area (Å²) in [7, 11) is 1.67. The number of anilines is 1. The number of rotatable bonds is 6. The molecule has 4 rings (SSSR count). The Morgan fingerprint density at radius 2 is 1.94 bits per heavy atom. The monoisotopic (exact) mass is 438 g/mol. The lowest BCUT2D eigenvalue weighted by molar-refractivity contribution is -0.136. The molecule has 162 valence electrons. The molecule has 1 spiro atoms. The zero-order valence-corrected chi connectivity index (χ0v) is 18.4. The van der Waals surface area contributed by atoms with Gasteiger partial charge in [0.2, 0.25) is 5.91 Å². The zero-order valence-electron chi connectivity index (χ0n) is 17.6. The minimum atomic E-state index is -0.791. The van der Waals surface area contributed by atoms with Crippen LogP contribution in [0.15, 0.2) is 48.4 Å². The van der Waals surface area contributed by atoms with Gasteiger partial charge in [-0.05, 0) is 12.8 Å². The molecule has 7 nitrogen and oxygen atoms in total. The molecule has 2 fully saturated rings. The van der Waals surface area contributed by atoms with Gasteiger partial charge in [-0.1, -0.05) is 55.7 Å². The minimum Gasteiger partial charge on any atom is -0.313 e. The van der Waals surface area contributed by atoms with E-state index in [4.69, 9.17) is 0 Å². The van der Waals surface area contributed by atoms with Crippen molar-refractivity contribution in [3.63, 3.8) is 0 Å². The first-order valence-electron chi connectivity index (χ1n) is 10.5. The second-order valence-corrected chi connectivity index (χ2v) is 8.84. The molecule has 2 heterocycles. The van der Waals surface area contributed by atoms with E-state index < -0.39 is 11.6 Å². The van der Waals surface area contributed by atoms with Crippen molar-refractivity contribution < 1.29 is 14.4 Å². The molecule has 0 N–H and O–H groups in total. The predicted octanol–water partition coefficient (Wildman–Crippen LogP) is 3.93. The molecule has 2 aliphatic rings. The molecule has 1 aromatic heterocycles. The van der Waals surface area contributed by atoms with Crippen LogP contribution in [-0.2, 0) is 9.59 Å². The first-order valence-corrected chi connectivity index (χ1v) is 11.4. The van der Waals surface area contributed by atoms with Gasteiger partial charge in [0.15, 0.2) is 5.13 Å². The highest BCUT2D eigenvalue weighted by Gasteiger charge is 2.56. The van der Waals surface area contributed by atoms with Crippen LogP contribution in [0.1, 0.15) is 32.1 Å². The zero-order chi connectivity index (χ0) is 22.0. The van der Waals surface area contributed by atoms with Crippen LogP contribution in [0.2, 0.25) is 0 Å². The van der Waals surface area contributed by atoms with Gasteiger partial charge in [0.1, 0.15) is 12.1 Å². The molecule has 31 heavy (non-hydrogen) atoms. The molecular formula is C23H26N4O3S. The number of urea groups is 1. The summed E-state index contributed by atoms with van der Waals surface area (Å²) in [5.41, 5.74) is 0.944. The molecule has 1 saturated carbocycles. The lowest BCUT2D eigenvalue weighted by Gasteiger charge is -2.35. The quantitative estimate of drug-likeness (QED) is 0.506. The van der Waals surface area contributed by atoms with E-state index in [1.165, 1.54) is 21.1 Å². The third kappa shape index (κ3) is 3.76. The fourth-order valence-corrected chi connectivity index (χ4v) is 5.30. The Balaban J connectivity index is 1.54. The van der Waals surface area contributed by atoms with Crippen molar-refractivity contribution >= 4 is 34.3 Å². The summed E-state index contributed by atoms with van der Waals surface area (Å²) in [6, 6.07) is 9.32. The van der Waals surface area contributed by atoms with Crippen molar-refractivity contribution in [2.24, 2.45) is 0 Å². The van der Waals surface area contributed by atoms with Crippen LogP contribution in [0.5, 0.6) is 0 Å². The number of imide groups is 1. The number of hydrogen-bond acceptors (Lipinski definition) is 5. The fraction of sp³-hybridized carbons (Fsp3) is 0.391. The van der Waals surface area contributed by atoms with Crippen LogP contribution >= 0.6 is 11.3 Å². The standard InChI is InChI=1S/C23H26N4O3S/c1-3-14-26(21-24-18(16-31-21)17-10-6-4-7-11-17)19(28)15-27-20(29)23(25(2)22(27)30)12-8-5-9-13-23/h3-4,6-7,10-11,16H,1,5,8-9,12-15H2,2H3. The van der Waals surface area contributed by atoms with E-state index in [-0.39, 0.29) is 24.9 Å². The van der Waals surface area contributed by atoms with Crippen LogP contribution in [0.4, 0.5) is 9.93 Å². The summed E-state index contributed by atoms with van der Waals surface area (Å²) >= 11 is 1.35. The molecule has 8 heteroatoms. The molecule has 0 unspecified atom stereocenters. The number of likely N-dealkylation sites (N-methyl/N-ethyl adjacent to an activating group) is 1. The van der Waals surface area contributed by atoms with Gasteiger partial charge in [-0.25, -0.2) is 9.78 Å². The van der Waals surface area contributed by atoms with Crippen LogP contribution in [0.25, 0.3) is 11.3 Å². The summed E-state index contributed by atoms with van der Waals surface area (Å²) in [5.74, 6) is -0.604. The Morgan fingerprint density at radius 1 is 1.23 bits per heavy atom. The molecule has 1 aliphatic carbocycles. The lowest BCUT2D eigenvalue weighted by atomic mass is 9.81. The molecule has 1 aliphatic heterocycles. The number of amides is 4. The average Bonchev–Trinajstić information content (AvgIpc) is 3.35. The van der Waals surface area contributed by atoms with Gasteiger partial charge in [0, 0.05) is 24.5 Å². The van der Waals surface area contributed by atoms with E-state index in [2.05, 4.69) is 11.6 Å². The van der Waals surface area contributed by atoms with Crippen molar-refractivity contribution in [3.05, 3.63) is 48.4 Å². The number of carbonyl (C=O) groups excluding carboxylic acids is 3. The second-order valence-electron chi connectivity index (χ2n) is 8.00. The number of nitrogens with zero attached hydrogens (tertiary/aromatic N) is 4. The lowest BCUT2D eigenvalue weighted by Crippen LogP contribution is -2.49. The molecular weight excluding hydrogens is 412 g/mol. The van der Waals surface area contributed by atoms with Crippen molar-refractivity contribution in [3.8, 4) is 11.3 Å². The van der Waals surface area contributed by atoms with Crippen molar-refractivity contribution in [2.75, 3.05) is 25.0 Å². The van der Waals surface area contributed by atoms with E-state index in [1.54, 1.807) is 13.1 Å². The highest BCUT2D eigenvalue weighted by molar-refractivity contribution is 7.14. The molecule has 1 aromatic carbocycles. The summed E-state index contributed by atoms with van der Waals surface area (Å²) in [4.78, 5) is 48.0. The van der Waals surface area contributed by atoms with Gasteiger partial charge >= 0.3 is 6.03 Å².